The molecule has 1 fully saturated rings. The molecule has 1 aromatic heterocycles. The molecule has 4 nitrogen and oxygen atoms in total. The fourth-order valence-electron chi connectivity index (χ4n) is 1.62. The highest BCUT2D eigenvalue weighted by molar-refractivity contribution is 6.32. The number of nitrogens with zero attached hydrogens (tertiary/aromatic N) is 2. The number of carbonyl (C=O) groups is 1. The molecule has 0 radical (unpaired) electrons. The van der Waals surface area contributed by atoms with Crippen LogP contribution in [-0.4, -0.2) is 42.1 Å². The van der Waals surface area contributed by atoms with Crippen LogP contribution in [0.5, 0.6) is 0 Å². The van der Waals surface area contributed by atoms with Crippen LogP contribution >= 0.6 is 11.6 Å². The van der Waals surface area contributed by atoms with Gasteiger partial charge in [-0.25, -0.2) is 4.98 Å². The molecule has 2 heterocycles. The molecule has 1 amide bonds. The number of rotatable bonds is 1. The van der Waals surface area contributed by atoms with Crippen molar-refractivity contribution in [3.63, 3.8) is 0 Å². The second kappa shape index (κ2) is 7.34. The molecule has 0 saturated carbocycles. The summed E-state index contributed by atoms with van der Waals surface area (Å²) in [6.45, 7) is 8.24. The van der Waals surface area contributed by atoms with Crippen molar-refractivity contribution in [2.24, 2.45) is 0 Å². The summed E-state index contributed by atoms with van der Waals surface area (Å²) in [6, 6.07) is 3.52. The van der Waals surface area contributed by atoms with Crippen molar-refractivity contribution in [1.82, 2.24) is 9.88 Å². The summed E-state index contributed by atoms with van der Waals surface area (Å²) >= 11 is 5.95. The number of pyridine rings is 1. The lowest BCUT2D eigenvalue weighted by atomic mass is 10.2. The van der Waals surface area contributed by atoms with Gasteiger partial charge in [0.2, 0.25) is 0 Å². The van der Waals surface area contributed by atoms with Gasteiger partial charge in [0, 0.05) is 18.8 Å². The van der Waals surface area contributed by atoms with Crippen LogP contribution in [0.15, 0.2) is 12.1 Å². The quantitative estimate of drug-likeness (QED) is 0.737. The zero-order chi connectivity index (χ0) is 13.5. The maximum Gasteiger partial charge on any atom is 0.257 e. The molecular weight excluding hydrogens is 252 g/mol. The lowest BCUT2D eigenvalue weighted by Crippen LogP contribution is -2.40. The Hall–Kier alpha value is -1.13. The molecule has 2 rings (SSSR count). The first-order chi connectivity index (χ1) is 8.68. The number of amides is 1. The van der Waals surface area contributed by atoms with Crippen LogP contribution in [0.1, 0.15) is 29.9 Å². The molecule has 0 bridgehead atoms. The number of ether oxygens (including phenoxy) is 1. The Balaban J connectivity index is 0.000000771. The normalized spacial score (nSPS) is 14.8. The van der Waals surface area contributed by atoms with Crippen LogP contribution in [0.3, 0.4) is 0 Å². The molecule has 1 aliphatic heterocycles. The number of hydrogen-bond acceptors (Lipinski definition) is 3. The Morgan fingerprint density at radius 2 is 1.94 bits per heavy atom. The Kier molecular flexibility index (Phi) is 6.09. The van der Waals surface area contributed by atoms with E-state index in [9.17, 15) is 4.79 Å². The minimum Gasteiger partial charge on any atom is -0.378 e. The first-order valence-corrected chi connectivity index (χ1v) is 6.56. The minimum atomic E-state index is -0.0687. The van der Waals surface area contributed by atoms with Crippen LogP contribution in [0.25, 0.3) is 0 Å². The average Bonchev–Trinajstić information content (AvgIpc) is 2.41. The highest BCUT2D eigenvalue weighted by Crippen LogP contribution is 2.16. The molecule has 0 unspecified atom stereocenters. The number of hydrogen-bond donors (Lipinski definition) is 0. The lowest BCUT2D eigenvalue weighted by Gasteiger charge is -2.27. The monoisotopic (exact) mass is 270 g/mol. The third kappa shape index (κ3) is 3.68. The maximum absolute atomic E-state index is 12.1. The van der Waals surface area contributed by atoms with Crippen molar-refractivity contribution < 1.29 is 9.53 Å². The molecule has 0 spiro atoms. The van der Waals surface area contributed by atoms with Crippen LogP contribution in [-0.2, 0) is 4.74 Å². The maximum atomic E-state index is 12.1. The summed E-state index contributed by atoms with van der Waals surface area (Å²) < 4.78 is 5.19. The van der Waals surface area contributed by atoms with E-state index in [1.165, 1.54) is 0 Å². The smallest absolute Gasteiger partial charge is 0.257 e. The van der Waals surface area contributed by atoms with Gasteiger partial charge in [0.25, 0.3) is 5.91 Å². The van der Waals surface area contributed by atoms with Crippen LogP contribution < -0.4 is 0 Å². The van der Waals surface area contributed by atoms with E-state index in [-0.39, 0.29) is 11.1 Å². The van der Waals surface area contributed by atoms with Crippen molar-refractivity contribution in [1.29, 1.82) is 0 Å². The molecule has 18 heavy (non-hydrogen) atoms. The summed E-state index contributed by atoms with van der Waals surface area (Å²) in [5.74, 6) is -0.0687. The van der Waals surface area contributed by atoms with Crippen LogP contribution in [0, 0.1) is 6.92 Å². The van der Waals surface area contributed by atoms with Gasteiger partial charge >= 0.3 is 0 Å². The number of carbonyl (C=O) groups excluding carboxylic acids is 1. The molecule has 0 N–H and O–H groups in total. The second-order valence-electron chi connectivity index (χ2n) is 3.70. The first kappa shape index (κ1) is 14.9. The van der Waals surface area contributed by atoms with E-state index in [4.69, 9.17) is 16.3 Å². The summed E-state index contributed by atoms with van der Waals surface area (Å²) in [5.41, 5.74) is 1.28. The molecule has 0 atom stereocenters. The molecule has 5 heteroatoms. The van der Waals surface area contributed by atoms with E-state index >= 15 is 0 Å². The molecule has 0 aliphatic carbocycles. The lowest BCUT2D eigenvalue weighted by molar-refractivity contribution is 0.0302. The van der Waals surface area contributed by atoms with E-state index in [1.807, 2.05) is 20.8 Å². The fourth-order valence-corrected chi connectivity index (χ4v) is 1.90. The highest BCUT2D eigenvalue weighted by atomic mass is 35.5. The Bertz CT molecular complexity index is 404. The topological polar surface area (TPSA) is 42.4 Å². The van der Waals surface area contributed by atoms with E-state index in [2.05, 4.69) is 4.98 Å². The van der Waals surface area contributed by atoms with E-state index < -0.39 is 0 Å². The van der Waals surface area contributed by atoms with Gasteiger partial charge in [-0.15, -0.1) is 0 Å². The van der Waals surface area contributed by atoms with Gasteiger partial charge in [-0.1, -0.05) is 25.4 Å². The number of halogens is 1. The van der Waals surface area contributed by atoms with Gasteiger partial charge < -0.3 is 9.64 Å². The number of aromatic nitrogens is 1. The average molecular weight is 271 g/mol. The highest BCUT2D eigenvalue weighted by Gasteiger charge is 2.20. The molecule has 1 saturated heterocycles. The summed E-state index contributed by atoms with van der Waals surface area (Å²) in [7, 11) is 0. The predicted molar refractivity (Wildman–Crippen MR) is 72.1 cm³/mol. The second-order valence-corrected chi connectivity index (χ2v) is 4.05. The van der Waals surface area contributed by atoms with Crippen LogP contribution in [0.2, 0.25) is 5.15 Å². The van der Waals surface area contributed by atoms with Crippen molar-refractivity contribution in [2.75, 3.05) is 26.3 Å². The Morgan fingerprint density at radius 3 is 2.50 bits per heavy atom. The third-order valence-electron chi connectivity index (χ3n) is 2.52. The zero-order valence-electron chi connectivity index (χ0n) is 11.1. The van der Waals surface area contributed by atoms with Crippen LogP contribution in [0.4, 0.5) is 0 Å². The summed E-state index contributed by atoms with van der Waals surface area (Å²) in [6.07, 6.45) is 0. The van der Waals surface area contributed by atoms with Gasteiger partial charge in [-0.05, 0) is 19.1 Å². The SMILES string of the molecule is CC.Cc1ccc(C(=O)N2CCOCC2)c(Cl)n1. The first-order valence-electron chi connectivity index (χ1n) is 6.18. The van der Waals surface area contributed by atoms with E-state index in [0.717, 1.165) is 5.69 Å². The Labute approximate surface area is 113 Å². The molecule has 100 valence electrons. The van der Waals surface area contributed by atoms with Gasteiger partial charge in [-0.3, -0.25) is 4.79 Å². The standard InChI is InChI=1S/C11H13ClN2O2.C2H6/c1-8-2-3-9(10(12)13-8)11(15)14-4-6-16-7-5-14;1-2/h2-3H,4-7H2,1H3;1-2H3. The molecule has 0 aromatic carbocycles. The summed E-state index contributed by atoms with van der Waals surface area (Å²) in [4.78, 5) is 17.9. The van der Waals surface area contributed by atoms with Crippen molar-refractivity contribution in [3.05, 3.63) is 28.5 Å². The minimum absolute atomic E-state index is 0.0687. The summed E-state index contributed by atoms with van der Waals surface area (Å²) in [5, 5.41) is 0.275. The van der Waals surface area contributed by atoms with Crippen molar-refractivity contribution in [2.45, 2.75) is 20.8 Å². The predicted octanol–water partition coefficient (Wildman–Crippen LogP) is 2.54. The van der Waals surface area contributed by atoms with E-state index in [1.54, 1.807) is 17.0 Å². The fraction of sp³-hybridized carbons (Fsp3) is 0.538. The van der Waals surface area contributed by atoms with Crippen molar-refractivity contribution in [3.8, 4) is 0 Å². The molecule has 1 aromatic rings. The van der Waals surface area contributed by atoms with Gasteiger partial charge in [-0.2, -0.15) is 0 Å². The Morgan fingerprint density at radius 1 is 1.33 bits per heavy atom. The molecule has 1 aliphatic rings. The molecular formula is C13H19ClN2O2. The third-order valence-corrected chi connectivity index (χ3v) is 2.80. The van der Waals surface area contributed by atoms with Gasteiger partial charge in [0.1, 0.15) is 5.15 Å². The number of morpholine rings is 1. The zero-order valence-corrected chi connectivity index (χ0v) is 11.8. The van der Waals surface area contributed by atoms with Crippen molar-refractivity contribution >= 4 is 17.5 Å². The van der Waals surface area contributed by atoms with Gasteiger partial charge in [0.15, 0.2) is 0 Å². The largest absolute Gasteiger partial charge is 0.378 e. The van der Waals surface area contributed by atoms with Gasteiger partial charge in [0.05, 0.1) is 18.8 Å². The van der Waals surface area contributed by atoms with E-state index in [0.29, 0.717) is 31.9 Å². The number of aryl methyl sites for hydroxylation is 1.